The summed E-state index contributed by atoms with van der Waals surface area (Å²) >= 11 is 0. The van der Waals surface area contributed by atoms with Crippen molar-refractivity contribution in [2.45, 2.75) is 38.7 Å². The molecule has 1 atom stereocenters. The topological polar surface area (TPSA) is 49.8 Å². The van der Waals surface area contributed by atoms with Crippen molar-refractivity contribution in [2.24, 2.45) is 0 Å². The Hall–Kier alpha value is -1.55. The number of hydrogen-bond donors (Lipinski definition) is 1. The summed E-state index contributed by atoms with van der Waals surface area (Å²) in [7, 11) is 0. The van der Waals surface area contributed by atoms with Gasteiger partial charge in [-0.15, -0.1) is 0 Å². The fraction of sp³-hybridized carbons (Fsp3) is 0.562. The lowest BCUT2D eigenvalue weighted by molar-refractivity contribution is 0.109. The number of ether oxygens (including phenoxy) is 1. The van der Waals surface area contributed by atoms with Crippen molar-refractivity contribution in [3.63, 3.8) is 0 Å². The van der Waals surface area contributed by atoms with Gasteiger partial charge in [-0.3, -0.25) is 0 Å². The van der Waals surface area contributed by atoms with Crippen LogP contribution in [0, 0.1) is 0 Å². The first-order chi connectivity index (χ1) is 9.70. The minimum Gasteiger partial charge on any atom is -0.450 e. The van der Waals surface area contributed by atoms with Crippen LogP contribution in [0.1, 0.15) is 41.7 Å². The van der Waals surface area contributed by atoms with E-state index in [9.17, 15) is 9.90 Å². The first-order valence-electron chi connectivity index (χ1n) is 7.44. The van der Waals surface area contributed by atoms with Gasteiger partial charge in [-0.1, -0.05) is 12.1 Å². The lowest BCUT2D eigenvalue weighted by Crippen LogP contribution is -2.33. The molecule has 1 aliphatic carbocycles. The molecule has 2 aliphatic rings. The quantitative estimate of drug-likeness (QED) is 0.855. The Balaban J connectivity index is 1.85. The predicted octanol–water partition coefficient (Wildman–Crippen LogP) is 2.22. The van der Waals surface area contributed by atoms with Gasteiger partial charge in [0.25, 0.3) is 0 Å². The fourth-order valence-electron chi connectivity index (χ4n) is 3.37. The normalized spacial score (nSPS) is 21.1. The third-order valence-corrected chi connectivity index (χ3v) is 4.37. The number of aryl methyl sites for hydroxylation is 1. The number of benzene rings is 1. The number of hydrogen-bond acceptors (Lipinski definition) is 3. The number of fused-ring (bicyclic) bond motifs is 3. The van der Waals surface area contributed by atoms with E-state index < -0.39 is 0 Å². The van der Waals surface area contributed by atoms with Crippen LogP contribution in [0.15, 0.2) is 12.1 Å². The number of rotatable bonds is 1. The Morgan fingerprint density at radius 1 is 1.30 bits per heavy atom. The minimum absolute atomic E-state index is 0.225. The lowest BCUT2D eigenvalue weighted by atomic mass is 9.93. The van der Waals surface area contributed by atoms with Crippen LogP contribution < -0.4 is 0 Å². The second-order valence-electron chi connectivity index (χ2n) is 5.52. The molecule has 1 heterocycles. The molecule has 0 saturated carbocycles. The number of aliphatic hydroxyl groups is 1. The molecule has 0 bridgehead atoms. The molecule has 1 N–H and O–H groups in total. The Kier molecular flexibility index (Phi) is 3.66. The second-order valence-corrected chi connectivity index (χ2v) is 5.52. The van der Waals surface area contributed by atoms with Crippen molar-refractivity contribution in [3.8, 4) is 0 Å². The van der Waals surface area contributed by atoms with Gasteiger partial charge < -0.3 is 14.7 Å². The molecular formula is C16H21NO3. The summed E-state index contributed by atoms with van der Waals surface area (Å²) in [5.41, 5.74) is 4.95. The summed E-state index contributed by atoms with van der Waals surface area (Å²) in [6.07, 6.45) is 2.90. The smallest absolute Gasteiger partial charge is 0.409 e. The zero-order valence-corrected chi connectivity index (χ0v) is 11.9. The molecule has 1 aromatic carbocycles. The van der Waals surface area contributed by atoms with Crippen molar-refractivity contribution in [1.82, 2.24) is 4.90 Å². The highest BCUT2D eigenvalue weighted by molar-refractivity contribution is 5.68. The summed E-state index contributed by atoms with van der Waals surface area (Å²) in [5.74, 6) is 0. The van der Waals surface area contributed by atoms with E-state index in [0.717, 1.165) is 31.2 Å². The van der Waals surface area contributed by atoms with Gasteiger partial charge in [0, 0.05) is 13.1 Å². The SMILES string of the molecule is CCOC(=O)N1CCc2ccc3c(c2CC1)C(O)CC3. The zero-order chi connectivity index (χ0) is 14.1. The molecule has 1 aliphatic heterocycles. The van der Waals surface area contributed by atoms with E-state index in [4.69, 9.17) is 4.74 Å². The van der Waals surface area contributed by atoms with E-state index >= 15 is 0 Å². The van der Waals surface area contributed by atoms with Gasteiger partial charge >= 0.3 is 6.09 Å². The summed E-state index contributed by atoms with van der Waals surface area (Å²) in [5, 5.41) is 10.2. The van der Waals surface area contributed by atoms with E-state index in [2.05, 4.69) is 12.1 Å². The van der Waals surface area contributed by atoms with Crippen LogP contribution in [-0.4, -0.2) is 35.8 Å². The van der Waals surface area contributed by atoms with E-state index in [1.54, 1.807) is 4.90 Å². The average Bonchev–Trinajstić information content (AvgIpc) is 2.70. The molecule has 3 rings (SSSR count). The monoisotopic (exact) mass is 275 g/mol. The molecule has 20 heavy (non-hydrogen) atoms. The van der Waals surface area contributed by atoms with E-state index in [0.29, 0.717) is 19.7 Å². The molecule has 1 aromatic rings. The Morgan fingerprint density at radius 2 is 2.05 bits per heavy atom. The lowest BCUT2D eigenvalue weighted by Gasteiger charge is -2.19. The Bertz CT molecular complexity index is 527. The number of amides is 1. The highest BCUT2D eigenvalue weighted by Gasteiger charge is 2.27. The van der Waals surface area contributed by atoms with Crippen molar-refractivity contribution in [2.75, 3.05) is 19.7 Å². The maximum atomic E-state index is 11.9. The van der Waals surface area contributed by atoms with Crippen molar-refractivity contribution < 1.29 is 14.6 Å². The van der Waals surface area contributed by atoms with Crippen LogP contribution in [0.2, 0.25) is 0 Å². The maximum Gasteiger partial charge on any atom is 0.409 e. The fourth-order valence-corrected chi connectivity index (χ4v) is 3.37. The molecule has 0 aromatic heterocycles. The molecule has 0 spiro atoms. The molecule has 1 unspecified atom stereocenters. The zero-order valence-electron chi connectivity index (χ0n) is 11.9. The van der Waals surface area contributed by atoms with E-state index in [1.807, 2.05) is 6.92 Å². The van der Waals surface area contributed by atoms with Crippen LogP contribution in [0.5, 0.6) is 0 Å². The Labute approximate surface area is 119 Å². The molecule has 0 fully saturated rings. The third kappa shape index (κ3) is 2.29. The molecule has 1 amide bonds. The van der Waals surface area contributed by atoms with Gasteiger partial charge in [-0.25, -0.2) is 4.79 Å². The molecule has 0 radical (unpaired) electrons. The largest absolute Gasteiger partial charge is 0.450 e. The minimum atomic E-state index is -0.325. The summed E-state index contributed by atoms with van der Waals surface area (Å²) in [6, 6.07) is 4.31. The number of aliphatic hydroxyl groups excluding tert-OH is 1. The maximum absolute atomic E-state index is 11.9. The average molecular weight is 275 g/mol. The van der Waals surface area contributed by atoms with Gasteiger partial charge in [0.05, 0.1) is 12.7 Å². The van der Waals surface area contributed by atoms with E-state index in [-0.39, 0.29) is 12.2 Å². The van der Waals surface area contributed by atoms with Crippen LogP contribution in [0.25, 0.3) is 0 Å². The standard InChI is InChI=1S/C16H21NO3/c1-2-20-16(19)17-9-7-11-3-4-12-5-6-14(18)15(12)13(11)8-10-17/h3-4,14,18H,2,5-10H2,1H3. The van der Waals surface area contributed by atoms with Gasteiger partial charge in [0.15, 0.2) is 0 Å². The third-order valence-electron chi connectivity index (χ3n) is 4.37. The van der Waals surface area contributed by atoms with Crippen LogP contribution in [0.4, 0.5) is 4.79 Å². The number of carbonyl (C=O) groups is 1. The van der Waals surface area contributed by atoms with E-state index in [1.165, 1.54) is 16.7 Å². The highest BCUT2D eigenvalue weighted by Crippen LogP contribution is 2.36. The number of nitrogens with zero attached hydrogens (tertiary/aromatic N) is 1. The van der Waals surface area contributed by atoms with Crippen molar-refractivity contribution in [1.29, 1.82) is 0 Å². The van der Waals surface area contributed by atoms with Gasteiger partial charge in [0.2, 0.25) is 0 Å². The molecule has 4 heteroatoms. The molecule has 108 valence electrons. The summed E-state index contributed by atoms with van der Waals surface area (Å²) in [6.45, 7) is 3.61. The Morgan fingerprint density at radius 3 is 2.85 bits per heavy atom. The number of carbonyl (C=O) groups excluding carboxylic acids is 1. The molecular weight excluding hydrogens is 254 g/mol. The van der Waals surface area contributed by atoms with Crippen molar-refractivity contribution in [3.05, 3.63) is 34.4 Å². The first kappa shape index (κ1) is 13.4. The predicted molar refractivity (Wildman–Crippen MR) is 75.7 cm³/mol. The van der Waals surface area contributed by atoms with Crippen LogP contribution in [0.3, 0.4) is 0 Å². The summed E-state index contributed by atoms with van der Waals surface area (Å²) < 4.78 is 5.09. The van der Waals surface area contributed by atoms with Crippen LogP contribution in [-0.2, 0) is 24.0 Å². The summed E-state index contributed by atoms with van der Waals surface area (Å²) in [4.78, 5) is 13.6. The van der Waals surface area contributed by atoms with Gasteiger partial charge in [-0.05, 0) is 54.9 Å². The first-order valence-corrected chi connectivity index (χ1v) is 7.44. The second kappa shape index (κ2) is 5.44. The molecule has 0 saturated heterocycles. The van der Waals surface area contributed by atoms with Gasteiger partial charge in [-0.2, -0.15) is 0 Å². The van der Waals surface area contributed by atoms with Crippen LogP contribution >= 0.6 is 0 Å². The van der Waals surface area contributed by atoms with Gasteiger partial charge in [0.1, 0.15) is 0 Å². The molecule has 4 nitrogen and oxygen atoms in total. The van der Waals surface area contributed by atoms with Crippen molar-refractivity contribution >= 4 is 6.09 Å². The highest BCUT2D eigenvalue weighted by atomic mass is 16.6.